The smallest absolute Gasteiger partial charge is 0.291 e. The predicted molar refractivity (Wildman–Crippen MR) is 157 cm³/mol. The van der Waals surface area contributed by atoms with Crippen molar-refractivity contribution in [2.45, 2.75) is 60.5 Å². The van der Waals surface area contributed by atoms with E-state index in [1.54, 1.807) is 4.90 Å². The van der Waals surface area contributed by atoms with Gasteiger partial charge in [0.25, 0.3) is 5.91 Å². The van der Waals surface area contributed by atoms with E-state index in [4.69, 9.17) is 13.9 Å². The predicted octanol–water partition coefficient (Wildman–Crippen LogP) is 7.29. The van der Waals surface area contributed by atoms with Crippen molar-refractivity contribution in [3.63, 3.8) is 0 Å². The van der Waals surface area contributed by atoms with Crippen molar-refractivity contribution in [2.24, 2.45) is 5.92 Å². The minimum Gasteiger partial charge on any atom is -0.490 e. The van der Waals surface area contributed by atoms with E-state index >= 15 is 0 Å². The molecule has 0 bridgehead atoms. The van der Waals surface area contributed by atoms with Gasteiger partial charge in [0.1, 0.15) is 5.58 Å². The lowest BCUT2D eigenvalue weighted by atomic mass is 9.97. The van der Waals surface area contributed by atoms with Crippen LogP contribution in [0.25, 0.3) is 11.0 Å². The number of hydrogen-bond donors (Lipinski definition) is 0. The molecule has 0 radical (unpaired) electrons. The fraction of sp³-hybridized carbons (Fsp3) is 0.353. The standard InChI is InChI=1S/C34H37NO5/c1-7-38-29-18-25(12-13-27(29)39-15-14-20(2)3)31-30-32(36)26-16-22(5)23(6)17-28(26)40-33(30)34(37)35(31)19-24-10-8-21(4)9-11-24/h8-13,16-18,20,31H,7,14-15,19H2,1-6H3. The normalized spacial score (nSPS) is 14.7. The monoisotopic (exact) mass is 539 g/mol. The van der Waals surface area contributed by atoms with Gasteiger partial charge in [0.2, 0.25) is 5.76 Å². The lowest BCUT2D eigenvalue weighted by Gasteiger charge is -2.26. The Kier molecular flexibility index (Phi) is 7.70. The number of benzene rings is 3. The molecule has 0 fully saturated rings. The highest BCUT2D eigenvalue weighted by Crippen LogP contribution is 2.42. The number of carbonyl (C=O) groups is 1. The molecule has 0 spiro atoms. The van der Waals surface area contributed by atoms with Gasteiger partial charge in [-0.1, -0.05) is 49.7 Å². The summed E-state index contributed by atoms with van der Waals surface area (Å²) < 4.78 is 18.2. The van der Waals surface area contributed by atoms with Gasteiger partial charge in [0.05, 0.1) is 30.2 Å². The summed E-state index contributed by atoms with van der Waals surface area (Å²) >= 11 is 0. The van der Waals surface area contributed by atoms with E-state index in [2.05, 4.69) is 13.8 Å². The molecular weight excluding hydrogens is 502 g/mol. The Morgan fingerprint density at radius 1 is 0.900 bits per heavy atom. The second-order valence-electron chi connectivity index (χ2n) is 11.1. The summed E-state index contributed by atoms with van der Waals surface area (Å²) in [6, 6.07) is 16.8. The third-order valence-corrected chi connectivity index (χ3v) is 7.59. The molecule has 3 aromatic carbocycles. The van der Waals surface area contributed by atoms with Gasteiger partial charge in [-0.15, -0.1) is 0 Å². The Hall–Kier alpha value is -4.06. The Bertz CT molecular complexity index is 1620. The van der Waals surface area contributed by atoms with Crippen LogP contribution in [0.2, 0.25) is 0 Å². The molecule has 0 saturated heterocycles. The molecule has 0 N–H and O–H groups in total. The molecule has 6 nitrogen and oxygen atoms in total. The van der Waals surface area contributed by atoms with E-state index in [0.29, 0.717) is 53.7 Å². The Balaban J connectivity index is 1.65. The van der Waals surface area contributed by atoms with Crippen LogP contribution in [0.15, 0.2) is 63.8 Å². The van der Waals surface area contributed by atoms with Crippen LogP contribution in [0.3, 0.4) is 0 Å². The van der Waals surface area contributed by atoms with E-state index in [-0.39, 0.29) is 17.1 Å². The fourth-order valence-electron chi connectivity index (χ4n) is 5.16. The van der Waals surface area contributed by atoms with Crippen molar-refractivity contribution in [1.29, 1.82) is 0 Å². The number of hydrogen-bond acceptors (Lipinski definition) is 5. The van der Waals surface area contributed by atoms with Crippen LogP contribution < -0.4 is 14.9 Å². The number of aryl methyl sites for hydroxylation is 3. The number of amides is 1. The molecule has 1 aliphatic rings. The van der Waals surface area contributed by atoms with E-state index in [9.17, 15) is 9.59 Å². The maximum Gasteiger partial charge on any atom is 0.291 e. The number of carbonyl (C=O) groups excluding carboxylic acids is 1. The fourth-order valence-corrected chi connectivity index (χ4v) is 5.16. The van der Waals surface area contributed by atoms with Gasteiger partial charge >= 0.3 is 0 Å². The molecule has 0 aliphatic carbocycles. The molecule has 40 heavy (non-hydrogen) atoms. The number of nitrogens with zero attached hydrogens (tertiary/aromatic N) is 1. The summed E-state index contributed by atoms with van der Waals surface area (Å²) in [7, 11) is 0. The zero-order valence-corrected chi connectivity index (χ0v) is 24.2. The molecule has 208 valence electrons. The van der Waals surface area contributed by atoms with E-state index in [0.717, 1.165) is 34.2 Å². The van der Waals surface area contributed by atoms with Crippen LogP contribution >= 0.6 is 0 Å². The SMILES string of the molecule is CCOc1cc(C2c3c(oc4cc(C)c(C)cc4c3=O)C(=O)N2Cc2ccc(C)cc2)ccc1OCCC(C)C. The average Bonchev–Trinajstić information content (AvgIpc) is 3.19. The zero-order chi connectivity index (χ0) is 28.6. The van der Waals surface area contributed by atoms with E-state index in [1.807, 2.05) is 82.3 Å². The highest BCUT2D eigenvalue weighted by molar-refractivity contribution is 5.99. The highest BCUT2D eigenvalue weighted by Gasteiger charge is 2.43. The largest absolute Gasteiger partial charge is 0.490 e. The highest BCUT2D eigenvalue weighted by atomic mass is 16.5. The molecule has 1 aromatic heterocycles. The first-order valence-electron chi connectivity index (χ1n) is 14.0. The summed E-state index contributed by atoms with van der Waals surface area (Å²) in [5.41, 5.74) is 5.50. The molecule has 1 atom stereocenters. The average molecular weight is 540 g/mol. The molecular formula is C34H37NO5. The Morgan fingerprint density at radius 3 is 2.33 bits per heavy atom. The van der Waals surface area contributed by atoms with Gasteiger partial charge in [0, 0.05) is 6.54 Å². The second kappa shape index (κ2) is 11.2. The summed E-state index contributed by atoms with van der Waals surface area (Å²) in [6.45, 7) is 13.6. The lowest BCUT2D eigenvalue weighted by molar-refractivity contribution is 0.0714. The lowest BCUT2D eigenvalue weighted by Crippen LogP contribution is -2.29. The quantitative estimate of drug-likeness (QED) is 0.223. The molecule has 2 heterocycles. The second-order valence-corrected chi connectivity index (χ2v) is 11.1. The topological polar surface area (TPSA) is 69.0 Å². The van der Waals surface area contributed by atoms with Crippen LogP contribution in [0.5, 0.6) is 11.5 Å². The first-order chi connectivity index (χ1) is 19.2. The van der Waals surface area contributed by atoms with Crippen LogP contribution in [-0.2, 0) is 6.54 Å². The first kappa shape index (κ1) is 27.5. The van der Waals surface area contributed by atoms with E-state index < -0.39 is 6.04 Å². The maximum atomic E-state index is 14.0. The van der Waals surface area contributed by atoms with Crippen molar-refractivity contribution < 1.29 is 18.7 Å². The maximum absolute atomic E-state index is 14.0. The summed E-state index contributed by atoms with van der Waals surface area (Å²) in [6.07, 6.45) is 0.926. The van der Waals surface area contributed by atoms with Crippen molar-refractivity contribution >= 4 is 16.9 Å². The van der Waals surface area contributed by atoms with Crippen molar-refractivity contribution in [1.82, 2.24) is 4.90 Å². The van der Waals surface area contributed by atoms with Crippen LogP contribution in [-0.4, -0.2) is 24.0 Å². The van der Waals surface area contributed by atoms with Gasteiger partial charge in [0.15, 0.2) is 16.9 Å². The number of rotatable bonds is 9. The van der Waals surface area contributed by atoms with Gasteiger partial charge in [-0.05, 0) is 86.6 Å². The molecule has 5 rings (SSSR count). The summed E-state index contributed by atoms with van der Waals surface area (Å²) in [4.78, 5) is 29.7. The van der Waals surface area contributed by atoms with Crippen molar-refractivity contribution in [2.75, 3.05) is 13.2 Å². The zero-order valence-electron chi connectivity index (χ0n) is 24.2. The number of ether oxygens (including phenoxy) is 2. The minimum absolute atomic E-state index is 0.105. The van der Waals surface area contributed by atoms with Crippen LogP contribution in [0.1, 0.15) is 77.2 Å². The molecule has 6 heteroatoms. The van der Waals surface area contributed by atoms with Gasteiger partial charge in [-0.2, -0.15) is 0 Å². The first-order valence-corrected chi connectivity index (χ1v) is 14.0. The molecule has 0 saturated carbocycles. The van der Waals surface area contributed by atoms with Crippen molar-refractivity contribution in [3.05, 3.63) is 104 Å². The number of fused-ring (bicyclic) bond motifs is 2. The summed E-state index contributed by atoms with van der Waals surface area (Å²) in [5.74, 6) is 1.57. The molecule has 1 unspecified atom stereocenters. The van der Waals surface area contributed by atoms with Gasteiger partial charge in [-0.3, -0.25) is 9.59 Å². The third kappa shape index (κ3) is 5.23. The van der Waals surface area contributed by atoms with E-state index in [1.165, 1.54) is 0 Å². The third-order valence-electron chi connectivity index (χ3n) is 7.59. The molecule has 1 aliphatic heterocycles. The molecule has 4 aromatic rings. The Morgan fingerprint density at radius 2 is 1.62 bits per heavy atom. The van der Waals surface area contributed by atoms with Gasteiger partial charge < -0.3 is 18.8 Å². The minimum atomic E-state index is -0.630. The summed E-state index contributed by atoms with van der Waals surface area (Å²) in [5, 5.41) is 0.482. The van der Waals surface area contributed by atoms with Crippen LogP contribution in [0.4, 0.5) is 0 Å². The molecule has 1 amide bonds. The van der Waals surface area contributed by atoms with Gasteiger partial charge in [-0.25, -0.2) is 0 Å². The van der Waals surface area contributed by atoms with Crippen LogP contribution in [0, 0.1) is 26.7 Å². The van der Waals surface area contributed by atoms with Crippen molar-refractivity contribution in [3.8, 4) is 11.5 Å². The Labute approximate surface area is 235 Å².